The smallest absolute Gasteiger partial charge is 0.147 e. The van der Waals surface area contributed by atoms with Crippen molar-refractivity contribution in [1.82, 2.24) is 0 Å². The van der Waals surface area contributed by atoms with Gasteiger partial charge in [-0.05, 0) is 42.8 Å². The zero-order valence-corrected chi connectivity index (χ0v) is 12.6. The van der Waals surface area contributed by atoms with E-state index in [0.717, 1.165) is 15.7 Å². The van der Waals surface area contributed by atoms with Gasteiger partial charge in [-0.1, -0.05) is 34.2 Å². The van der Waals surface area contributed by atoms with Gasteiger partial charge < -0.3 is 11.1 Å². The van der Waals surface area contributed by atoms with E-state index in [9.17, 15) is 4.39 Å². The van der Waals surface area contributed by atoms with Crippen molar-refractivity contribution in [2.45, 2.75) is 6.92 Å². The van der Waals surface area contributed by atoms with Crippen molar-refractivity contribution in [3.05, 3.63) is 57.8 Å². The van der Waals surface area contributed by atoms with Gasteiger partial charge in [0, 0.05) is 15.7 Å². The van der Waals surface area contributed by atoms with Gasteiger partial charge in [-0.25, -0.2) is 4.39 Å². The van der Waals surface area contributed by atoms with Crippen LogP contribution in [-0.2, 0) is 0 Å². The molecule has 19 heavy (non-hydrogen) atoms. The third kappa shape index (κ3) is 3.30. The normalized spacial score (nSPS) is 10.3. The van der Waals surface area contributed by atoms with Gasteiger partial charge in [0.05, 0.1) is 5.69 Å². The maximum atomic E-state index is 13.9. The molecule has 0 amide bonds. The summed E-state index contributed by atoms with van der Waals surface area (Å²) in [7, 11) is 0. The van der Waals surface area contributed by atoms with E-state index in [1.807, 2.05) is 25.1 Å². The van der Waals surface area contributed by atoms with Gasteiger partial charge in [0.15, 0.2) is 0 Å². The van der Waals surface area contributed by atoms with Gasteiger partial charge in [-0.2, -0.15) is 0 Å². The van der Waals surface area contributed by atoms with Crippen molar-refractivity contribution in [3.63, 3.8) is 0 Å². The summed E-state index contributed by atoms with van der Waals surface area (Å²) in [6.45, 7) is 1.99. The van der Waals surface area contributed by atoms with Crippen LogP contribution < -0.4 is 11.1 Å². The predicted octanol–water partition coefficient (Wildman–Crippen LogP) is 4.27. The molecule has 0 atom stereocenters. The number of benzene rings is 2. The molecule has 0 heterocycles. The van der Waals surface area contributed by atoms with E-state index in [1.165, 1.54) is 6.07 Å². The fourth-order valence-electron chi connectivity index (χ4n) is 1.60. The Hall–Kier alpha value is -1.46. The van der Waals surface area contributed by atoms with Crippen LogP contribution in [0.3, 0.4) is 0 Å². The zero-order chi connectivity index (χ0) is 14.0. The number of thiocarbonyl (C=S) groups is 1. The summed E-state index contributed by atoms with van der Waals surface area (Å²) in [6.07, 6.45) is 0. The highest BCUT2D eigenvalue weighted by Crippen LogP contribution is 2.25. The molecular weight excluding hydrogens is 327 g/mol. The minimum Gasteiger partial charge on any atom is -0.389 e. The molecule has 0 aromatic heterocycles. The fourth-order valence-corrected chi connectivity index (χ4v) is 2.10. The monoisotopic (exact) mass is 338 g/mol. The van der Waals surface area contributed by atoms with Crippen molar-refractivity contribution in [1.29, 1.82) is 0 Å². The molecule has 0 fully saturated rings. The minimum atomic E-state index is -0.387. The molecule has 2 rings (SSSR count). The molecule has 0 aliphatic carbocycles. The van der Waals surface area contributed by atoms with Gasteiger partial charge in [-0.3, -0.25) is 0 Å². The third-order valence-corrected chi connectivity index (χ3v) is 3.79. The first-order valence-electron chi connectivity index (χ1n) is 5.60. The van der Waals surface area contributed by atoms with Gasteiger partial charge >= 0.3 is 0 Å². The first-order valence-corrected chi connectivity index (χ1v) is 6.80. The average Bonchev–Trinajstić information content (AvgIpc) is 2.36. The first kappa shape index (κ1) is 14.0. The van der Waals surface area contributed by atoms with Crippen molar-refractivity contribution >= 4 is 44.5 Å². The average molecular weight is 339 g/mol. The Morgan fingerprint density at radius 1 is 1.26 bits per heavy atom. The Kier molecular flexibility index (Phi) is 4.17. The first-order chi connectivity index (χ1) is 8.97. The van der Waals surface area contributed by atoms with Crippen LogP contribution in [-0.4, -0.2) is 4.99 Å². The topological polar surface area (TPSA) is 38.0 Å². The molecule has 0 radical (unpaired) electrons. The molecule has 3 N–H and O–H groups in total. The van der Waals surface area contributed by atoms with Crippen molar-refractivity contribution in [3.8, 4) is 0 Å². The van der Waals surface area contributed by atoms with Gasteiger partial charge in [0.25, 0.3) is 0 Å². The second-order valence-electron chi connectivity index (χ2n) is 4.15. The van der Waals surface area contributed by atoms with Crippen LogP contribution in [0.5, 0.6) is 0 Å². The lowest BCUT2D eigenvalue weighted by atomic mass is 10.2. The standard InChI is InChI=1S/C14H12BrFN2S/c1-8-2-4-10(7-11(8)15)18-13-5-3-9(14(17)19)6-12(13)16/h2-7,18H,1H3,(H2,17,19). The summed E-state index contributed by atoms with van der Waals surface area (Å²) in [5.74, 6) is -0.387. The minimum absolute atomic E-state index is 0.184. The number of nitrogens with one attached hydrogen (secondary N) is 1. The Morgan fingerprint density at radius 2 is 2.00 bits per heavy atom. The van der Waals surface area contributed by atoms with Crippen molar-refractivity contribution in [2.75, 3.05) is 5.32 Å². The number of hydrogen-bond acceptors (Lipinski definition) is 2. The number of hydrogen-bond donors (Lipinski definition) is 2. The summed E-state index contributed by atoms with van der Waals surface area (Å²) in [6, 6.07) is 10.4. The molecule has 2 aromatic rings. The zero-order valence-electron chi connectivity index (χ0n) is 10.2. The highest BCUT2D eigenvalue weighted by molar-refractivity contribution is 9.10. The summed E-state index contributed by atoms with van der Waals surface area (Å²) >= 11 is 8.25. The summed E-state index contributed by atoms with van der Waals surface area (Å²) in [4.78, 5) is 0.184. The lowest BCUT2D eigenvalue weighted by Crippen LogP contribution is -2.09. The van der Waals surface area contributed by atoms with E-state index in [1.54, 1.807) is 12.1 Å². The summed E-state index contributed by atoms with van der Waals surface area (Å²) in [5, 5.41) is 3.02. The van der Waals surface area contributed by atoms with Crippen LogP contribution >= 0.6 is 28.1 Å². The molecule has 2 nitrogen and oxygen atoms in total. The van der Waals surface area contributed by atoms with Crippen molar-refractivity contribution in [2.24, 2.45) is 5.73 Å². The molecule has 0 saturated heterocycles. The number of nitrogens with two attached hydrogens (primary N) is 1. The maximum absolute atomic E-state index is 13.9. The molecule has 0 bridgehead atoms. The van der Waals surface area contributed by atoms with Gasteiger partial charge in [0.1, 0.15) is 10.8 Å². The van der Waals surface area contributed by atoms with Crippen LogP contribution in [0.4, 0.5) is 15.8 Å². The third-order valence-electron chi connectivity index (χ3n) is 2.70. The lowest BCUT2D eigenvalue weighted by Gasteiger charge is -2.10. The van der Waals surface area contributed by atoms with Crippen LogP contribution in [0.2, 0.25) is 0 Å². The Bertz CT molecular complexity index is 643. The SMILES string of the molecule is Cc1ccc(Nc2ccc(C(N)=S)cc2F)cc1Br. The van der Waals surface area contributed by atoms with Crippen molar-refractivity contribution < 1.29 is 4.39 Å². The van der Waals surface area contributed by atoms with Crippen LogP contribution in [0.25, 0.3) is 0 Å². The van der Waals surface area contributed by atoms with Gasteiger partial charge in [-0.15, -0.1) is 0 Å². The van der Waals surface area contributed by atoms with Crippen LogP contribution in [0, 0.1) is 12.7 Å². The summed E-state index contributed by atoms with van der Waals surface area (Å²) < 4.78 is 14.9. The number of halogens is 2. The maximum Gasteiger partial charge on any atom is 0.147 e. The summed E-state index contributed by atoms with van der Waals surface area (Å²) in [5.41, 5.74) is 8.29. The fraction of sp³-hybridized carbons (Fsp3) is 0.0714. The van der Waals surface area contributed by atoms with E-state index < -0.39 is 0 Å². The molecular formula is C14H12BrFN2S. The Balaban J connectivity index is 2.28. The Labute approximate surface area is 124 Å². The molecule has 98 valence electrons. The highest BCUT2D eigenvalue weighted by atomic mass is 79.9. The van der Waals surface area contributed by atoms with E-state index in [-0.39, 0.29) is 10.8 Å². The molecule has 0 unspecified atom stereocenters. The molecule has 0 spiro atoms. The predicted molar refractivity (Wildman–Crippen MR) is 84.4 cm³/mol. The second-order valence-corrected chi connectivity index (χ2v) is 5.44. The molecule has 2 aromatic carbocycles. The quantitative estimate of drug-likeness (QED) is 0.820. The van der Waals surface area contributed by atoms with Gasteiger partial charge in [0.2, 0.25) is 0 Å². The number of anilines is 2. The Morgan fingerprint density at radius 3 is 2.58 bits per heavy atom. The number of aryl methyl sites for hydroxylation is 1. The largest absolute Gasteiger partial charge is 0.389 e. The molecule has 0 aliphatic heterocycles. The molecule has 5 heteroatoms. The molecule has 0 aliphatic rings. The van der Waals surface area contributed by atoms with E-state index in [2.05, 4.69) is 21.2 Å². The second kappa shape index (κ2) is 5.67. The van der Waals surface area contributed by atoms with E-state index >= 15 is 0 Å². The van der Waals surface area contributed by atoms with E-state index in [4.69, 9.17) is 18.0 Å². The van der Waals surface area contributed by atoms with E-state index in [0.29, 0.717) is 11.3 Å². The number of rotatable bonds is 3. The van der Waals surface area contributed by atoms with Crippen LogP contribution in [0.1, 0.15) is 11.1 Å². The highest BCUT2D eigenvalue weighted by Gasteiger charge is 2.06. The van der Waals surface area contributed by atoms with Crippen LogP contribution in [0.15, 0.2) is 40.9 Å². The molecule has 0 saturated carbocycles. The lowest BCUT2D eigenvalue weighted by molar-refractivity contribution is 0.631.